The van der Waals surface area contributed by atoms with Crippen molar-refractivity contribution in [1.29, 1.82) is 0 Å². The normalized spacial score (nSPS) is 10.9. The Hall–Kier alpha value is -0.840. The zero-order chi connectivity index (χ0) is 13.5. The molecule has 0 bridgehead atoms. The van der Waals surface area contributed by atoms with Crippen LogP contribution in [0.1, 0.15) is 38.8 Å². The van der Waals surface area contributed by atoms with Crippen LogP contribution in [-0.4, -0.2) is 22.2 Å². The van der Waals surface area contributed by atoms with Crippen LogP contribution in [0.4, 0.5) is 0 Å². The van der Waals surface area contributed by atoms with Crippen molar-refractivity contribution < 1.29 is 4.79 Å². The Bertz CT molecular complexity index is 366. The second-order valence-electron chi connectivity index (χ2n) is 4.48. The smallest absolute Gasteiger partial charge is 0.223 e. The Morgan fingerprint density at radius 1 is 1.50 bits per heavy atom. The molecule has 5 heteroatoms. The Morgan fingerprint density at radius 2 is 2.17 bits per heavy atom. The van der Waals surface area contributed by atoms with Crippen LogP contribution in [0.15, 0.2) is 10.7 Å². The Labute approximate surface area is 117 Å². The second-order valence-corrected chi connectivity index (χ2v) is 5.34. The van der Waals surface area contributed by atoms with Crippen LogP contribution in [0.5, 0.6) is 0 Å². The van der Waals surface area contributed by atoms with Gasteiger partial charge in [-0.05, 0) is 42.1 Å². The van der Waals surface area contributed by atoms with Crippen LogP contribution in [-0.2, 0) is 11.3 Å². The number of carbonyl (C=O) groups excluding carboxylic acids is 1. The molecule has 102 valence electrons. The van der Waals surface area contributed by atoms with Gasteiger partial charge in [-0.15, -0.1) is 0 Å². The summed E-state index contributed by atoms with van der Waals surface area (Å²) in [6.07, 6.45) is 4.69. The molecule has 0 aliphatic rings. The van der Waals surface area contributed by atoms with Gasteiger partial charge in [0.05, 0.1) is 10.2 Å². The van der Waals surface area contributed by atoms with E-state index in [0.29, 0.717) is 6.54 Å². The van der Waals surface area contributed by atoms with Crippen LogP contribution < -0.4 is 5.32 Å². The lowest BCUT2D eigenvalue weighted by Gasteiger charge is -2.12. The maximum atomic E-state index is 11.7. The molecule has 0 saturated heterocycles. The fourth-order valence-corrected chi connectivity index (χ4v) is 2.18. The zero-order valence-electron chi connectivity index (χ0n) is 11.4. The number of aryl methyl sites for hydroxylation is 2. The average molecular weight is 316 g/mol. The number of nitrogens with zero attached hydrogens (tertiary/aromatic N) is 2. The molecule has 1 N–H and O–H groups in total. The van der Waals surface area contributed by atoms with E-state index in [0.717, 1.165) is 36.0 Å². The van der Waals surface area contributed by atoms with Gasteiger partial charge in [-0.2, -0.15) is 5.10 Å². The fourth-order valence-electron chi connectivity index (χ4n) is 1.86. The third-order valence-electron chi connectivity index (χ3n) is 3.11. The molecule has 0 fully saturated rings. The number of hydrogen-bond donors (Lipinski definition) is 1. The van der Waals surface area contributed by atoms with E-state index < -0.39 is 0 Å². The predicted octanol–water partition coefficient (Wildman–Crippen LogP) is 2.90. The number of carbonyl (C=O) groups is 1. The van der Waals surface area contributed by atoms with Gasteiger partial charge in [0, 0.05) is 25.2 Å². The minimum absolute atomic E-state index is 0.158. The van der Waals surface area contributed by atoms with Crippen molar-refractivity contribution in [2.45, 2.75) is 46.6 Å². The zero-order valence-corrected chi connectivity index (χ0v) is 13.0. The molecular weight excluding hydrogens is 294 g/mol. The van der Waals surface area contributed by atoms with Crippen molar-refractivity contribution in [1.82, 2.24) is 15.1 Å². The Morgan fingerprint density at radius 3 is 2.67 bits per heavy atom. The number of amides is 1. The minimum Gasteiger partial charge on any atom is -0.356 e. The maximum Gasteiger partial charge on any atom is 0.223 e. The van der Waals surface area contributed by atoms with Crippen molar-refractivity contribution >= 4 is 21.8 Å². The molecule has 1 aromatic rings. The highest BCUT2D eigenvalue weighted by molar-refractivity contribution is 9.10. The van der Waals surface area contributed by atoms with E-state index in [1.54, 1.807) is 0 Å². The molecule has 1 amide bonds. The summed E-state index contributed by atoms with van der Waals surface area (Å²) in [5.74, 6) is 0.337. The number of rotatable bonds is 7. The maximum absolute atomic E-state index is 11.7. The Balaban J connectivity index is 2.24. The van der Waals surface area contributed by atoms with Crippen molar-refractivity contribution in [3.05, 3.63) is 16.4 Å². The Kier molecular flexibility index (Phi) is 6.39. The lowest BCUT2D eigenvalue weighted by molar-refractivity contribution is -0.125. The van der Waals surface area contributed by atoms with Crippen molar-refractivity contribution in [3.8, 4) is 0 Å². The highest BCUT2D eigenvalue weighted by Crippen LogP contribution is 2.13. The third kappa shape index (κ3) is 4.44. The molecule has 1 rings (SSSR count). The molecule has 0 spiro atoms. The van der Waals surface area contributed by atoms with Crippen LogP contribution >= 0.6 is 15.9 Å². The average Bonchev–Trinajstić information content (AvgIpc) is 2.66. The first-order valence-corrected chi connectivity index (χ1v) is 7.35. The molecule has 0 saturated carbocycles. The van der Waals surface area contributed by atoms with Gasteiger partial charge in [0.2, 0.25) is 5.91 Å². The summed E-state index contributed by atoms with van der Waals surface area (Å²) >= 11 is 3.43. The molecule has 0 aliphatic heterocycles. The van der Waals surface area contributed by atoms with Crippen molar-refractivity contribution in [2.75, 3.05) is 6.54 Å². The summed E-state index contributed by atoms with van der Waals surface area (Å²) in [5.41, 5.74) is 0.996. The van der Waals surface area contributed by atoms with Crippen LogP contribution in [0.2, 0.25) is 0 Å². The molecule has 1 heterocycles. The summed E-state index contributed by atoms with van der Waals surface area (Å²) in [4.78, 5) is 11.7. The lowest BCUT2D eigenvalue weighted by Crippen LogP contribution is -2.31. The van der Waals surface area contributed by atoms with Gasteiger partial charge in [-0.1, -0.05) is 13.8 Å². The summed E-state index contributed by atoms with van der Waals surface area (Å²) in [5, 5.41) is 7.34. The SMILES string of the molecule is CCC(CC)C(=O)NCCCn1cc(Br)c(C)n1. The van der Waals surface area contributed by atoms with E-state index in [4.69, 9.17) is 0 Å². The number of nitrogens with one attached hydrogen (secondary N) is 1. The lowest BCUT2D eigenvalue weighted by atomic mass is 10.0. The largest absolute Gasteiger partial charge is 0.356 e. The van der Waals surface area contributed by atoms with E-state index in [1.165, 1.54) is 0 Å². The van der Waals surface area contributed by atoms with Crippen LogP contribution in [0.25, 0.3) is 0 Å². The molecule has 0 aromatic carbocycles. The standard InChI is InChI=1S/C13H22BrN3O/c1-4-11(5-2)13(18)15-7-6-8-17-9-12(14)10(3)16-17/h9,11H,4-8H2,1-3H3,(H,15,18). The van der Waals surface area contributed by atoms with Crippen molar-refractivity contribution in [2.24, 2.45) is 5.92 Å². The van der Waals surface area contributed by atoms with Gasteiger partial charge in [0.25, 0.3) is 0 Å². The number of hydrogen-bond acceptors (Lipinski definition) is 2. The van der Waals surface area contributed by atoms with Gasteiger partial charge in [0.1, 0.15) is 0 Å². The van der Waals surface area contributed by atoms with Gasteiger partial charge in [-0.25, -0.2) is 0 Å². The second kappa shape index (κ2) is 7.56. The third-order valence-corrected chi connectivity index (χ3v) is 3.88. The topological polar surface area (TPSA) is 46.9 Å². The van der Waals surface area contributed by atoms with Gasteiger partial charge >= 0.3 is 0 Å². The van der Waals surface area contributed by atoms with Crippen LogP contribution in [0, 0.1) is 12.8 Å². The highest BCUT2D eigenvalue weighted by atomic mass is 79.9. The molecular formula is C13H22BrN3O. The number of aromatic nitrogens is 2. The summed E-state index contributed by atoms with van der Waals surface area (Å²) in [7, 11) is 0. The molecule has 1 aromatic heterocycles. The van der Waals surface area contributed by atoms with E-state index in [1.807, 2.05) is 17.8 Å². The summed E-state index contributed by atoms with van der Waals surface area (Å²) < 4.78 is 2.94. The quantitative estimate of drug-likeness (QED) is 0.786. The predicted molar refractivity (Wildman–Crippen MR) is 76.4 cm³/mol. The number of halogens is 1. The van der Waals surface area contributed by atoms with Gasteiger partial charge in [-0.3, -0.25) is 9.48 Å². The first-order valence-electron chi connectivity index (χ1n) is 6.55. The molecule has 18 heavy (non-hydrogen) atoms. The van der Waals surface area contributed by atoms with E-state index in [2.05, 4.69) is 40.2 Å². The van der Waals surface area contributed by atoms with E-state index in [-0.39, 0.29) is 11.8 Å². The van der Waals surface area contributed by atoms with Gasteiger partial charge in [0.15, 0.2) is 0 Å². The molecule has 0 unspecified atom stereocenters. The first-order chi connectivity index (χ1) is 8.58. The molecule has 0 atom stereocenters. The summed E-state index contributed by atoms with van der Waals surface area (Å²) in [6.45, 7) is 7.62. The first kappa shape index (κ1) is 15.2. The van der Waals surface area contributed by atoms with Gasteiger partial charge < -0.3 is 5.32 Å². The molecule has 0 radical (unpaired) electrons. The summed E-state index contributed by atoms with van der Waals surface area (Å²) in [6, 6.07) is 0. The van der Waals surface area contributed by atoms with E-state index >= 15 is 0 Å². The molecule has 0 aliphatic carbocycles. The van der Waals surface area contributed by atoms with E-state index in [9.17, 15) is 4.79 Å². The minimum atomic E-state index is 0.158. The molecule has 4 nitrogen and oxygen atoms in total. The van der Waals surface area contributed by atoms with Crippen LogP contribution in [0.3, 0.4) is 0 Å². The monoisotopic (exact) mass is 315 g/mol. The van der Waals surface area contributed by atoms with Crippen molar-refractivity contribution in [3.63, 3.8) is 0 Å². The fraction of sp³-hybridized carbons (Fsp3) is 0.692. The highest BCUT2D eigenvalue weighted by Gasteiger charge is 2.12.